The second-order valence-electron chi connectivity index (χ2n) is 6.32. The Labute approximate surface area is 183 Å². The van der Waals surface area contributed by atoms with E-state index in [0.717, 1.165) is 10.9 Å². The monoisotopic (exact) mass is 381 g/mol. The van der Waals surface area contributed by atoms with Crippen molar-refractivity contribution in [3.05, 3.63) is 34.9 Å². The summed E-state index contributed by atoms with van der Waals surface area (Å²) in [6.07, 6.45) is 8.33. The van der Waals surface area contributed by atoms with Gasteiger partial charge in [-0.25, -0.2) is 0 Å². The number of aliphatic hydroxyl groups is 2. The predicted molar refractivity (Wildman–Crippen MR) is 106 cm³/mol. The normalized spacial score (nSPS) is 13.6. The van der Waals surface area contributed by atoms with E-state index in [1.165, 1.54) is 57.2 Å². The van der Waals surface area contributed by atoms with Gasteiger partial charge in [-0.3, -0.25) is 0 Å². The molecule has 5 heteroatoms. The van der Waals surface area contributed by atoms with Crippen LogP contribution in [0, 0.1) is 5.92 Å². The first-order chi connectivity index (χ1) is 11.6. The number of aryl methyl sites for hydroxylation is 1. The Balaban J connectivity index is -0.000000326. The van der Waals surface area contributed by atoms with Gasteiger partial charge in [-0.05, 0) is 68.8 Å². The van der Waals surface area contributed by atoms with Gasteiger partial charge in [-0.1, -0.05) is 50.4 Å². The van der Waals surface area contributed by atoms with Crippen molar-refractivity contribution >= 4 is 11.6 Å². The van der Waals surface area contributed by atoms with Crippen molar-refractivity contribution in [3.63, 3.8) is 0 Å². The zero-order chi connectivity index (χ0) is 18.0. The fourth-order valence-corrected chi connectivity index (χ4v) is 2.39. The number of benzene rings is 1. The average molecular weight is 382 g/mol. The van der Waals surface area contributed by atoms with E-state index >= 15 is 0 Å². The molecule has 0 amide bonds. The molecule has 0 radical (unpaired) electrons. The van der Waals surface area contributed by atoms with Crippen LogP contribution in [-0.4, -0.2) is 36.5 Å². The second-order valence-corrected chi connectivity index (χ2v) is 6.75. The molecule has 2 rings (SSSR count). The van der Waals surface area contributed by atoms with Gasteiger partial charge in [-0.15, -0.1) is 0 Å². The van der Waals surface area contributed by atoms with Gasteiger partial charge in [0.2, 0.25) is 0 Å². The van der Waals surface area contributed by atoms with E-state index in [1.807, 2.05) is 12.1 Å². The number of nitrogens with one attached hydrogen (secondary N) is 1. The van der Waals surface area contributed by atoms with E-state index in [1.54, 1.807) is 0 Å². The van der Waals surface area contributed by atoms with Gasteiger partial charge in [0, 0.05) is 18.2 Å². The Kier molecular flexibility index (Phi) is 22.9. The maximum absolute atomic E-state index is 7.91. The molecule has 0 aliphatic carbocycles. The third-order valence-corrected chi connectivity index (χ3v) is 4.18. The molecular formula is C20H37ClNNaO2. The molecule has 3 N–H and O–H groups in total. The Morgan fingerprint density at radius 1 is 1.04 bits per heavy atom. The predicted octanol–water partition coefficient (Wildman–Crippen LogP) is 1.56. The van der Waals surface area contributed by atoms with Crippen LogP contribution in [0.3, 0.4) is 0 Å². The van der Waals surface area contributed by atoms with E-state index < -0.39 is 0 Å². The third-order valence-electron chi connectivity index (χ3n) is 3.93. The number of unbranched alkanes of at least 4 members (excludes halogenated alkanes) is 2. The van der Waals surface area contributed by atoms with Gasteiger partial charge in [-0.2, -0.15) is 0 Å². The van der Waals surface area contributed by atoms with Crippen LogP contribution < -0.4 is 34.9 Å². The molecule has 1 fully saturated rings. The molecule has 25 heavy (non-hydrogen) atoms. The maximum atomic E-state index is 7.91. The molecule has 1 aromatic rings. The fourth-order valence-electron chi connectivity index (χ4n) is 2.27. The summed E-state index contributed by atoms with van der Waals surface area (Å²) in [5.41, 5.74) is 1.40. The number of hydrogen-bond donors (Lipinski definition) is 3. The topological polar surface area (TPSA) is 52.5 Å². The zero-order valence-electron chi connectivity index (χ0n) is 17.4. The van der Waals surface area contributed by atoms with Crippen LogP contribution in [0.25, 0.3) is 0 Å². The number of rotatable bonds is 6. The molecule has 1 aliphatic heterocycles. The molecule has 0 unspecified atom stereocenters. The summed E-state index contributed by atoms with van der Waals surface area (Å²) in [5, 5.41) is 20.0. The van der Waals surface area contributed by atoms with Crippen molar-refractivity contribution in [1.82, 2.24) is 5.32 Å². The summed E-state index contributed by atoms with van der Waals surface area (Å²) in [6.45, 7) is 7.21. The minimum Gasteiger partial charge on any atom is -1.00 e. The molecule has 0 spiro atoms. The van der Waals surface area contributed by atoms with Gasteiger partial charge in [0.1, 0.15) is 0 Å². The summed E-state index contributed by atoms with van der Waals surface area (Å²) in [6, 6.07) is 8.14. The average Bonchev–Trinajstić information content (AvgIpc) is 2.59. The molecule has 1 heterocycles. The van der Waals surface area contributed by atoms with E-state index in [0.29, 0.717) is 6.42 Å². The minimum atomic E-state index is 0. The van der Waals surface area contributed by atoms with Gasteiger partial charge in [0.25, 0.3) is 0 Å². The Morgan fingerprint density at radius 3 is 1.96 bits per heavy atom. The SMILES string of the molecule is CC1CCNCC1.CCCCCc1ccc(Cl)cc1.OCCCO.[H-].[Na+]. The summed E-state index contributed by atoms with van der Waals surface area (Å²) < 4.78 is 0. The number of halogens is 1. The molecule has 0 atom stereocenters. The number of hydrogen-bond acceptors (Lipinski definition) is 3. The molecule has 1 aliphatic rings. The van der Waals surface area contributed by atoms with Crippen LogP contribution in [0.2, 0.25) is 5.02 Å². The van der Waals surface area contributed by atoms with Gasteiger partial charge < -0.3 is 17.0 Å². The van der Waals surface area contributed by atoms with Crippen LogP contribution in [-0.2, 0) is 6.42 Å². The van der Waals surface area contributed by atoms with Crippen molar-refractivity contribution in [2.45, 2.75) is 58.8 Å². The standard InChI is InChI=1S/C11H15Cl.C6H13N.C3H8O2.Na.H/c1-2-3-4-5-10-6-8-11(12)9-7-10;1-6-2-4-7-5-3-6;4-2-1-3-5;;/h6-9H,2-5H2,1H3;6-7H,2-5H2,1H3;4-5H,1-3H2;;/q;;;+1;-1. The minimum absolute atomic E-state index is 0. The van der Waals surface area contributed by atoms with Gasteiger partial charge >= 0.3 is 29.6 Å². The van der Waals surface area contributed by atoms with Crippen LogP contribution in [0.15, 0.2) is 24.3 Å². The van der Waals surface area contributed by atoms with Crippen LogP contribution in [0.1, 0.15) is 59.4 Å². The first-order valence-corrected chi connectivity index (χ1v) is 9.68. The third kappa shape index (κ3) is 19.0. The molecule has 0 saturated carbocycles. The summed E-state index contributed by atoms with van der Waals surface area (Å²) in [7, 11) is 0. The zero-order valence-corrected chi connectivity index (χ0v) is 19.2. The van der Waals surface area contributed by atoms with Gasteiger partial charge in [0.15, 0.2) is 0 Å². The summed E-state index contributed by atoms with van der Waals surface area (Å²) in [5.74, 6) is 0.973. The Morgan fingerprint density at radius 2 is 1.60 bits per heavy atom. The number of aliphatic hydroxyl groups excluding tert-OH is 2. The fraction of sp³-hybridized carbons (Fsp3) is 0.700. The van der Waals surface area contributed by atoms with Crippen molar-refractivity contribution < 1.29 is 41.2 Å². The molecule has 1 aromatic carbocycles. The maximum Gasteiger partial charge on any atom is 1.00 e. The summed E-state index contributed by atoms with van der Waals surface area (Å²) >= 11 is 5.77. The van der Waals surface area contributed by atoms with Crippen molar-refractivity contribution in [3.8, 4) is 0 Å². The molecule has 1 saturated heterocycles. The van der Waals surface area contributed by atoms with Gasteiger partial charge in [0.05, 0.1) is 0 Å². The molecule has 142 valence electrons. The first-order valence-electron chi connectivity index (χ1n) is 9.30. The van der Waals surface area contributed by atoms with Crippen molar-refractivity contribution in [2.75, 3.05) is 26.3 Å². The van der Waals surface area contributed by atoms with E-state index in [9.17, 15) is 0 Å². The van der Waals surface area contributed by atoms with Crippen LogP contribution >= 0.6 is 11.6 Å². The second kappa shape index (κ2) is 20.7. The van der Waals surface area contributed by atoms with Crippen LogP contribution in [0.4, 0.5) is 0 Å². The summed E-state index contributed by atoms with van der Waals surface area (Å²) in [4.78, 5) is 0. The first kappa shape index (κ1) is 27.6. The quantitative estimate of drug-likeness (QED) is 0.517. The van der Waals surface area contributed by atoms with E-state index in [-0.39, 0.29) is 44.2 Å². The Hall–Kier alpha value is 0.390. The molecular weight excluding hydrogens is 345 g/mol. The largest absolute Gasteiger partial charge is 1.00 e. The van der Waals surface area contributed by atoms with Crippen molar-refractivity contribution in [1.29, 1.82) is 0 Å². The molecule has 3 nitrogen and oxygen atoms in total. The van der Waals surface area contributed by atoms with E-state index in [2.05, 4.69) is 31.3 Å². The number of piperidine rings is 1. The smallest absolute Gasteiger partial charge is 1.00 e. The Bertz CT molecular complexity index is 375. The van der Waals surface area contributed by atoms with Crippen molar-refractivity contribution in [2.24, 2.45) is 5.92 Å². The molecule has 0 aromatic heterocycles. The van der Waals surface area contributed by atoms with E-state index in [4.69, 9.17) is 21.8 Å². The van der Waals surface area contributed by atoms with Crippen LogP contribution in [0.5, 0.6) is 0 Å². The molecule has 0 bridgehead atoms.